The summed E-state index contributed by atoms with van der Waals surface area (Å²) in [5, 5.41) is 0. The van der Waals surface area contributed by atoms with Crippen molar-refractivity contribution in [1.82, 2.24) is 4.57 Å². The van der Waals surface area contributed by atoms with Crippen molar-refractivity contribution in [1.29, 1.82) is 0 Å². The molecule has 0 radical (unpaired) electrons. The van der Waals surface area contributed by atoms with E-state index in [1.54, 1.807) is 10.6 Å². The maximum absolute atomic E-state index is 14.1. The highest BCUT2D eigenvalue weighted by Gasteiger charge is 2.16. The molecule has 116 valence electrons. The fourth-order valence-electron chi connectivity index (χ4n) is 2.23. The molecule has 0 aliphatic carbocycles. The van der Waals surface area contributed by atoms with E-state index in [4.69, 9.17) is 9.47 Å². The lowest BCUT2D eigenvalue weighted by atomic mass is 10.3. The van der Waals surface area contributed by atoms with Crippen LogP contribution in [0.4, 0.5) is 4.39 Å². The van der Waals surface area contributed by atoms with Gasteiger partial charge in [0.15, 0.2) is 4.80 Å². The van der Waals surface area contributed by atoms with Gasteiger partial charge in [0.2, 0.25) is 5.76 Å². The Morgan fingerprint density at radius 2 is 2.32 bits per heavy atom. The smallest absolute Gasteiger partial charge is 0.317 e. The van der Waals surface area contributed by atoms with Gasteiger partial charge in [-0.05, 0) is 18.6 Å². The lowest BCUT2D eigenvalue weighted by molar-refractivity contribution is -0.119. The Kier molecular flexibility index (Phi) is 4.24. The first-order chi connectivity index (χ1) is 10.7. The molecule has 0 bridgehead atoms. The highest BCUT2D eigenvalue weighted by Crippen LogP contribution is 2.20. The van der Waals surface area contributed by atoms with Crippen molar-refractivity contribution in [3.63, 3.8) is 0 Å². The number of thiazole rings is 1. The van der Waals surface area contributed by atoms with Gasteiger partial charge in [0.25, 0.3) is 0 Å². The van der Waals surface area contributed by atoms with E-state index in [-0.39, 0.29) is 11.6 Å². The van der Waals surface area contributed by atoms with E-state index in [2.05, 4.69) is 4.99 Å². The van der Waals surface area contributed by atoms with E-state index < -0.39 is 5.91 Å². The Balaban J connectivity index is 2.11. The summed E-state index contributed by atoms with van der Waals surface area (Å²) in [5.74, 6) is -0.753. The van der Waals surface area contributed by atoms with Crippen molar-refractivity contribution in [2.45, 2.75) is 19.9 Å². The van der Waals surface area contributed by atoms with Crippen molar-refractivity contribution >= 4 is 27.5 Å². The Labute approximate surface area is 130 Å². The van der Waals surface area contributed by atoms with Gasteiger partial charge in [0.05, 0.1) is 10.2 Å². The van der Waals surface area contributed by atoms with Gasteiger partial charge >= 0.3 is 5.91 Å². The fraction of sp³-hybridized carbons (Fsp3) is 0.333. The molecule has 1 aliphatic heterocycles. The van der Waals surface area contributed by atoms with Crippen LogP contribution in [0.25, 0.3) is 10.2 Å². The molecule has 22 heavy (non-hydrogen) atoms. The van der Waals surface area contributed by atoms with Gasteiger partial charge in [-0.2, -0.15) is 4.99 Å². The van der Waals surface area contributed by atoms with E-state index in [1.165, 1.54) is 23.7 Å². The van der Waals surface area contributed by atoms with Crippen LogP contribution in [0.15, 0.2) is 35.2 Å². The first kappa shape index (κ1) is 14.8. The number of halogens is 1. The monoisotopic (exact) mass is 322 g/mol. The van der Waals surface area contributed by atoms with E-state index >= 15 is 0 Å². The molecule has 0 unspecified atom stereocenters. The van der Waals surface area contributed by atoms with Crippen LogP contribution in [0.5, 0.6) is 0 Å². The fourth-order valence-corrected chi connectivity index (χ4v) is 3.29. The molecule has 2 heterocycles. The molecule has 7 heteroatoms. The van der Waals surface area contributed by atoms with Crippen LogP contribution >= 0.6 is 11.3 Å². The van der Waals surface area contributed by atoms with Gasteiger partial charge in [-0.15, -0.1) is 0 Å². The van der Waals surface area contributed by atoms with Crippen LogP contribution in [-0.2, 0) is 20.8 Å². The standard InChI is InChI=1S/C15H15FN2O3S/c1-2-6-18-13-10(16)4-3-5-12(13)22-15(18)17-14(19)11-9-20-7-8-21-11/h3-5,9H,2,6-8H2,1H3. The number of carbonyl (C=O) groups excluding carboxylic acids is 1. The van der Waals surface area contributed by atoms with Crippen LogP contribution in [0.3, 0.4) is 0 Å². The lowest BCUT2D eigenvalue weighted by Gasteiger charge is -2.12. The number of carbonyl (C=O) groups is 1. The second kappa shape index (κ2) is 6.31. The summed E-state index contributed by atoms with van der Waals surface area (Å²) in [6.45, 7) is 3.32. The second-order valence-electron chi connectivity index (χ2n) is 4.74. The Morgan fingerprint density at radius 1 is 1.45 bits per heavy atom. The summed E-state index contributed by atoms with van der Waals surface area (Å²) in [6, 6.07) is 4.88. The number of aromatic nitrogens is 1. The molecule has 1 aliphatic rings. The van der Waals surface area contributed by atoms with E-state index in [0.29, 0.717) is 30.1 Å². The molecule has 2 aromatic rings. The van der Waals surface area contributed by atoms with Gasteiger partial charge in [-0.3, -0.25) is 4.79 Å². The van der Waals surface area contributed by atoms with Gasteiger partial charge in [0.1, 0.15) is 25.3 Å². The summed E-state index contributed by atoms with van der Waals surface area (Å²) in [6.07, 6.45) is 2.08. The number of benzene rings is 1. The largest absolute Gasteiger partial charge is 0.494 e. The quantitative estimate of drug-likeness (QED) is 0.873. The third-order valence-corrected chi connectivity index (χ3v) is 4.20. The number of para-hydroxylation sites is 1. The summed E-state index contributed by atoms with van der Waals surface area (Å²) >= 11 is 1.28. The molecule has 0 fully saturated rings. The van der Waals surface area contributed by atoms with E-state index in [1.807, 2.05) is 13.0 Å². The molecule has 0 saturated heterocycles. The molecule has 0 atom stereocenters. The normalized spacial score (nSPS) is 15.4. The molecular weight excluding hydrogens is 307 g/mol. The van der Waals surface area contributed by atoms with Gasteiger partial charge in [0, 0.05) is 6.54 Å². The van der Waals surface area contributed by atoms with Crippen LogP contribution in [-0.4, -0.2) is 23.7 Å². The highest BCUT2D eigenvalue weighted by molar-refractivity contribution is 7.16. The lowest BCUT2D eigenvalue weighted by Crippen LogP contribution is -2.20. The topological polar surface area (TPSA) is 52.8 Å². The van der Waals surface area contributed by atoms with E-state index in [0.717, 1.165) is 11.1 Å². The number of ether oxygens (including phenoxy) is 2. The van der Waals surface area contributed by atoms with Crippen LogP contribution in [0.1, 0.15) is 13.3 Å². The average molecular weight is 322 g/mol. The minimum Gasteiger partial charge on any atom is -0.494 e. The number of nitrogens with zero attached hydrogens (tertiary/aromatic N) is 2. The number of amides is 1. The summed E-state index contributed by atoms with van der Waals surface area (Å²) in [4.78, 5) is 16.7. The zero-order valence-electron chi connectivity index (χ0n) is 12.0. The molecule has 5 nitrogen and oxygen atoms in total. The van der Waals surface area contributed by atoms with Crippen molar-refractivity contribution < 1.29 is 18.7 Å². The van der Waals surface area contributed by atoms with Gasteiger partial charge < -0.3 is 14.0 Å². The third kappa shape index (κ3) is 2.76. The van der Waals surface area contributed by atoms with Gasteiger partial charge in [-0.1, -0.05) is 24.3 Å². The number of rotatable bonds is 3. The highest BCUT2D eigenvalue weighted by atomic mass is 32.1. The summed E-state index contributed by atoms with van der Waals surface area (Å²) in [7, 11) is 0. The second-order valence-corrected chi connectivity index (χ2v) is 5.75. The maximum atomic E-state index is 14.1. The minimum atomic E-state index is -0.517. The Hall–Kier alpha value is -2.15. The first-order valence-corrected chi connectivity index (χ1v) is 7.84. The van der Waals surface area contributed by atoms with Crippen molar-refractivity contribution in [2.24, 2.45) is 4.99 Å². The molecule has 0 N–H and O–H groups in total. The molecule has 0 spiro atoms. The maximum Gasteiger partial charge on any atom is 0.317 e. The SMILES string of the molecule is CCCn1c(=NC(=O)C2=COCCO2)sc2cccc(F)c21. The van der Waals surface area contributed by atoms with Crippen molar-refractivity contribution in [3.05, 3.63) is 40.8 Å². The van der Waals surface area contributed by atoms with Crippen LogP contribution < -0.4 is 4.80 Å². The van der Waals surface area contributed by atoms with Crippen LogP contribution in [0.2, 0.25) is 0 Å². The third-order valence-electron chi connectivity index (χ3n) is 3.16. The zero-order valence-corrected chi connectivity index (χ0v) is 12.9. The Morgan fingerprint density at radius 3 is 3.05 bits per heavy atom. The molecule has 1 aromatic heterocycles. The summed E-state index contributed by atoms with van der Waals surface area (Å²) < 4.78 is 26.9. The van der Waals surface area contributed by atoms with Gasteiger partial charge in [-0.25, -0.2) is 4.39 Å². The average Bonchev–Trinajstić information content (AvgIpc) is 2.87. The number of hydrogen-bond donors (Lipinski definition) is 0. The molecule has 1 amide bonds. The zero-order chi connectivity index (χ0) is 15.5. The number of hydrogen-bond acceptors (Lipinski definition) is 4. The van der Waals surface area contributed by atoms with Crippen molar-refractivity contribution in [2.75, 3.05) is 13.2 Å². The first-order valence-electron chi connectivity index (χ1n) is 7.02. The summed E-state index contributed by atoms with van der Waals surface area (Å²) in [5.41, 5.74) is 0.482. The molecule has 0 saturated carbocycles. The molecule has 1 aromatic carbocycles. The predicted octanol–water partition coefficient (Wildman–Crippen LogP) is 2.57. The number of aryl methyl sites for hydroxylation is 1. The molecule has 3 rings (SSSR count). The molecular formula is C15H15FN2O3S. The van der Waals surface area contributed by atoms with Crippen LogP contribution in [0, 0.1) is 5.82 Å². The van der Waals surface area contributed by atoms with Crippen molar-refractivity contribution in [3.8, 4) is 0 Å². The Bertz CT molecular complexity index is 807. The minimum absolute atomic E-state index is 0.0761. The predicted molar refractivity (Wildman–Crippen MR) is 80.6 cm³/mol. The number of fused-ring (bicyclic) bond motifs is 1. The van der Waals surface area contributed by atoms with E-state index in [9.17, 15) is 9.18 Å².